The van der Waals surface area contributed by atoms with Crippen LogP contribution < -0.4 is 10.1 Å². The van der Waals surface area contributed by atoms with Gasteiger partial charge >= 0.3 is 0 Å². The number of rotatable bonds is 6. The summed E-state index contributed by atoms with van der Waals surface area (Å²) in [6, 6.07) is 18.1. The molecule has 1 N–H and O–H groups in total. The lowest BCUT2D eigenvalue weighted by atomic mass is 10.1. The normalized spacial score (nSPS) is 13.9. The molecule has 2 heterocycles. The quantitative estimate of drug-likeness (QED) is 0.577. The number of methoxy groups -OCH3 is 1. The van der Waals surface area contributed by atoms with Crippen LogP contribution in [-0.4, -0.2) is 23.8 Å². The molecule has 2 aromatic carbocycles. The van der Waals surface area contributed by atoms with Gasteiger partial charge in [-0.1, -0.05) is 41.9 Å². The predicted molar refractivity (Wildman–Crippen MR) is 115 cm³/mol. The van der Waals surface area contributed by atoms with Gasteiger partial charge < -0.3 is 10.1 Å². The highest BCUT2D eigenvalue weighted by atomic mass is 35.5. The van der Waals surface area contributed by atoms with Gasteiger partial charge in [-0.2, -0.15) is 0 Å². The Kier molecular flexibility index (Phi) is 5.38. The Morgan fingerprint density at radius 1 is 1.03 bits per heavy atom. The van der Waals surface area contributed by atoms with Gasteiger partial charge in [-0.05, 0) is 35.2 Å². The fourth-order valence-electron chi connectivity index (χ4n) is 3.13. The summed E-state index contributed by atoms with van der Waals surface area (Å²) >= 11 is 7.65. The van der Waals surface area contributed by atoms with Crippen LogP contribution in [0.25, 0.3) is 5.57 Å². The van der Waals surface area contributed by atoms with E-state index in [1.807, 2.05) is 47.8 Å². The average Bonchev–Trinajstić information content (AvgIpc) is 3.33. The molecule has 0 aliphatic carbocycles. The fourth-order valence-corrected chi connectivity index (χ4v) is 4.09. The molecule has 0 fully saturated rings. The molecular weight excluding hydrogens is 408 g/mol. The highest BCUT2D eigenvalue weighted by molar-refractivity contribution is 7.11. The van der Waals surface area contributed by atoms with Crippen molar-refractivity contribution in [2.24, 2.45) is 0 Å². The summed E-state index contributed by atoms with van der Waals surface area (Å²) < 4.78 is 5.25. The number of ether oxygens (including phenoxy) is 1. The van der Waals surface area contributed by atoms with E-state index in [4.69, 9.17) is 16.3 Å². The standard InChI is InChI=1S/C22H17ClN2O3S/c1-28-16-8-4-7-15(12-16)24-20-19(18-10-5-11-29-18)21(26)25(22(20)27)13-14-6-2-3-9-17(14)23/h2-12,24H,13H2,1H3. The zero-order valence-electron chi connectivity index (χ0n) is 15.5. The van der Waals surface area contributed by atoms with Crippen LogP contribution in [0.15, 0.2) is 71.7 Å². The minimum absolute atomic E-state index is 0.107. The summed E-state index contributed by atoms with van der Waals surface area (Å²) in [6.07, 6.45) is 0. The Morgan fingerprint density at radius 3 is 2.59 bits per heavy atom. The molecular formula is C22H17ClN2O3S. The van der Waals surface area contributed by atoms with Crippen LogP contribution in [0.3, 0.4) is 0 Å². The predicted octanol–water partition coefficient (Wildman–Crippen LogP) is 4.80. The molecule has 4 rings (SSSR count). The highest BCUT2D eigenvalue weighted by Crippen LogP contribution is 2.34. The summed E-state index contributed by atoms with van der Waals surface area (Å²) in [5.74, 6) is -0.0816. The van der Waals surface area contributed by atoms with E-state index in [0.717, 1.165) is 4.88 Å². The number of imide groups is 1. The zero-order chi connectivity index (χ0) is 20.4. The minimum atomic E-state index is -0.388. The number of nitrogens with zero attached hydrogens (tertiary/aromatic N) is 1. The van der Waals surface area contributed by atoms with Gasteiger partial charge in [-0.25, -0.2) is 0 Å². The SMILES string of the molecule is COc1cccc(NC2=C(c3cccs3)C(=O)N(Cc3ccccc3Cl)C2=O)c1. The largest absolute Gasteiger partial charge is 0.497 e. The van der Waals surface area contributed by atoms with Crippen molar-refractivity contribution in [1.29, 1.82) is 0 Å². The number of thiophene rings is 1. The van der Waals surface area contributed by atoms with Gasteiger partial charge in [0, 0.05) is 21.7 Å². The van der Waals surface area contributed by atoms with Crippen LogP contribution in [-0.2, 0) is 16.1 Å². The number of hydrogen-bond donors (Lipinski definition) is 1. The van der Waals surface area contributed by atoms with Crippen LogP contribution in [0.1, 0.15) is 10.4 Å². The lowest BCUT2D eigenvalue weighted by Crippen LogP contribution is -2.32. The highest BCUT2D eigenvalue weighted by Gasteiger charge is 2.39. The molecule has 3 aromatic rings. The van der Waals surface area contributed by atoms with Gasteiger partial charge in [0.25, 0.3) is 11.8 Å². The van der Waals surface area contributed by atoms with Crippen molar-refractivity contribution in [3.05, 3.63) is 87.2 Å². The number of amides is 2. The molecule has 1 aliphatic heterocycles. The molecule has 1 aliphatic rings. The smallest absolute Gasteiger partial charge is 0.278 e. The number of nitrogens with one attached hydrogen (secondary N) is 1. The first-order valence-corrected chi connectivity index (χ1v) is 10.1. The molecule has 0 atom stereocenters. The van der Waals surface area contributed by atoms with E-state index in [-0.39, 0.29) is 24.1 Å². The maximum atomic E-state index is 13.2. The molecule has 29 heavy (non-hydrogen) atoms. The Balaban J connectivity index is 1.72. The van der Waals surface area contributed by atoms with E-state index in [9.17, 15) is 9.59 Å². The second-order valence-corrected chi connectivity index (χ2v) is 7.73. The van der Waals surface area contributed by atoms with Crippen LogP contribution in [0.4, 0.5) is 5.69 Å². The van der Waals surface area contributed by atoms with Gasteiger partial charge in [-0.3, -0.25) is 14.5 Å². The zero-order valence-corrected chi connectivity index (χ0v) is 17.1. The van der Waals surface area contributed by atoms with Gasteiger partial charge in [0.2, 0.25) is 0 Å². The molecule has 2 amide bonds. The molecule has 0 unspecified atom stereocenters. The second-order valence-electron chi connectivity index (χ2n) is 6.37. The third-order valence-electron chi connectivity index (χ3n) is 4.56. The third-order valence-corrected chi connectivity index (χ3v) is 5.82. The maximum Gasteiger partial charge on any atom is 0.278 e. The summed E-state index contributed by atoms with van der Waals surface area (Å²) in [6.45, 7) is 0.107. The fraction of sp³-hybridized carbons (Fsp3) is 0.0909. The van der Waals surface area contributed by atoms with Crippen molar-refractivity contribution < 1.29 is 14.3 Å². The van der Waals surface area contributed by atoms with Crippen LogP contribution in [0.2, 0.25) is 5.02 Å². The molecule has 0 bridgehead atoms. The summed E-state index contributed by atoms with van der Waals surface area (Å²) in [5.41, 5.74) is 1.98. The second kappa shape index (κ2) is 8.11. The van der Waals surface area contributed by atoms with E-state index in [1.54, 1.807) is 25.3 Å². The van der Waals surface area contributed by atoms with Crippen LogP contribution >= 0.6 is 22.9 Å². The molecule has 146 valence electrons. The van der Waals surface area contributed by atoms with Crippen molar-refractivity contribution in [3.63, 3.8) is 0 Å². The van der Waals surface area contributed by atoms with Crippen molar-refractivity contribution in [1.82, 2.24) is 4.90 Å². The van der Waals surface area contributed by atoms with E-state index in [0.29, 0.717) is 27.6 Å². The van der Waals surface area contributed by atoms with Gasteiger partial charge in [0.1, 0.15) is 11.4 Å². The molecule has 0 radical (unpaired) electrons. The summed E-state index contributed by atoms with van der Waals surface area (Å²) in [5, 5.41) is 5.51. The van der Waals surface area contributed by atoms with E-state index in [2.05, 4.69) is 5.32 Å². The Hall–Kier alpha value is -3.09. The van der Waals surface area contributed by atoms with E-state index < -0.39 is 0 Å². The minimum Gasteiger partial charge on any atom is -0.497 e. The van der Waals surface area contributed by atoms with Gasteiger partial charge in [0.05, 0.1) is 19.2 Å². The van der Waals surface area contributed by atoms with E-state index in [1.165, 1.54) is 16.2 Å². The van der Waals surface area contributed by atoms with Crippen molar-refractivity contribution in [2.45, 2.75) is 6.54 Å². The molecule has 7 heteroatoms. The maximum absolute atomic E-state index is 13.2. The number of anilines is 1. The lowest BCUT2D eigenvalue weighted by molar-refractivity contribution is -0.137. The average molecular weight is 425 g/mol. The number of carbonyl (C=O) groups is 2. The van der Waals surface area contributed by atoms with Crippen LogP contribution in [0.5, 0.6) is 5.75 Å². The van der Waals surface area contributed by atoms with Gasteiger partial charge in [-0.15, -0.1) is 11.3 Å². The first-order chi connectivity index (χ1) is 14.1. The summed E-state index contributed by atoms with van der Waals surface area (Å²) in [4.78, 5) is 28.4. The Morgan fingerprint density at radius 2 is 1.86 bits per heavy atom. The first kappa shape index (κ1) is 19.2. The number of halogens is 1. The number of benzene rings is 2. The van der Waals surface area contributed by atoms with Crippen LogP contribution in [0, 0.1) is 0 Å². The topological polar surface area (TPSA) is 58.6 Å². The molecule has 0 spiro atoms. The Bertz CT molecular complexity index is 1110. The molecule has 5 nitrogen and oxygen atoms in total. The van der Waals surface area contributed by atoms with Crippen molar-refractivity contribution in [3.8, 4) is 5.75 Å². The lowest BCUT2D eigenvalue weighted by Gasteiger charge is -2.16. The molecule has 1 aromatic heterocycles. The van der Waals surface area contributed by atoms with Gasteiger partial charge in [0.15, 0.2) is 0 Å². The van der Waals surface area contributed by atoms with E-state index >= 15 is 0 Å². The van der Waals surface area contributed by atoms with Crippen molar-refractivity contribution in [2.75, 3.05) is 12.4 Å². The van der Waals surface area contributed by atoms with Crippen molar-refractivity contribution >= 4 is 46.0 Å². The Labute approximate surface area is 177 Å². The third kappa shape index (κ3) is 3.77. The number of hydrogen-bond acceptors (Lipinski definition) is 5. The number of carbonyl (C=O) groups excluding carboxylic acids is 2. The molecule has 0 saturated heterocycles. The summed E-state index contributed by atoms with van der Waals surface area (Å²) in [7, 11) is 1.57. The molecule has 0 saturated carbocycles. The monoisotopic (exact) mass is 424 g/mol. The first-order valence-electron chi connectivity index (χ1n) is 8.87.